The molecular formula is C16H19N3O4. The first-order valence-electron chi connectivity index (χ1n) is 7.31. The number of carboxylic acids is 1. The van der Waals surface area contributed by atoms with Gasteiger partial charge in [0, 0.05) is 5.56 Å². The van der Waals surface area contributed by atoms with Crippen LogP contribution in [0.4, 0.5) is 0 Å². The fourth-order valence-electron chi connectivity index (χ4n) is 2.17. The Morgan fingerprint density at radius 1 is 1.35 bits per heavy atom. The van der Waals surface area contributed by atoms with Crippen molar-refractivity contribution in [2.24, 2.45) is 5.92 Å². The minimum atomic E-state index is -1.08. The summed E-state index contributed by atoms with van der Waals surface area (Å²) in [5, 5.41) is 28.1. The molecule has 2 rings (SSSR count). The van der Waals surface area contributed by atoms with Gasteiger partial charge in [-0.1, -0.05) is 32.4 Å². The summed E-state index contributed by atoms with van der Waals surface area (Å²) in [7, 11) is 0. The van der Waals surface area contributed by atoms with Crippen LogP contribution in [0.2, 0.25) is 0 Å². The number of phenols is 1. The van der Waals surface area contributed by atoms with Gasteiger partial charge in [-0.3, -0.25) is 9.89 Å². The quantitative estimate of drug-likeness (QED) is 0.650. The van der Waals surface area contributed by atoms with Crippen molar-refractivity contribution in [3.05, 3.63) is 36.0 Å². The van der Waals surface area contributed by atoms with Crippen molar-refractivity contribution in [3.63, 3.8) is 0 Å². The summed E-state index contributed by atoms with van der Waals surface area (Å²) in [5.41, 5.74) is 1.03. The average Bonchev–Trinajstić information content (AvgIpc) is 3.01. The van der Waals surface area contributed by atoms with E-state index < -0.39 is 17.9 Å². The summed E-state index contributed by atoms with van der Waals surface area (Å²) >= 11 is 0. The van der Waals surface area contributed by atoms with Gasteiger partial charge in [-0.25, -0.2) is 4.79 Å². The number of para-hydroxylation sites is 1. The molecule has 0 aliphatic heterocycles. The molecule has 0 radical (unpaired) electrons. The minimum Gasteiger partial charge on any atom is -0.507 e. The number of carbonyl (C=O) groups is 2. The fourth-order valence-corrected chi connectivity index (χ4v) is 2.17. The van der Waals surface area contributed by atoms with Crippen molar-refractivity contribution in [2.75, 3.05) is 0 Å². The van der Waals surface area contributed by atoms with E-state index in [1.165, 1.54) is 12.1 Å². The van der Waals surface area contributed by atoms with Crippen molar-refractivity contribution in [1.82, 2.24) is 15.5 Å². The molecule has 0 saturated heterocycles. The summed E-state index contributed by atoms with van der Waals surface area (Å²) in [4.78, 5) is 23.5. The van der Waals surface area contributed by atoms with Crippen LogP contribution in [0.1, 0.15) is 30.8 Å². The highest BCUT2D eigenvalue weighted by Crippen LogP contribution is 2.27. The predicted octanol–water partition coefficient (Wildman–Crippen LogP) is 2.01. The van der Waals surface area contributed by atoms with Gasteiger partial charge in [0.2, 0.25) is 0 Å². The molecule has 1 heterocycles. The van der Waals surface area contributed by atoms with Crippen LogP contribution in [0.15, 0.2) is 30.3 Å². The lowest BCUT2D eigenvalue weighted by Gasteiger charge is -2.19. The number of aromatic nitrogens is 2. The molecular weight excluding hydrogens is 298 g/mol. The lowest BCUT2D eigenvalue weighted by molar-refractivity contribution is -0.140. The van der Waals surface area contributed by atoms with Gasteiger partial charge < -0.3 is 15.5 Å². The number of carbonyl (C=O) groups excluding carboxylic acids is 1. The normalized spacial score (nSPS) is 13.3. The van der Waals surface area contributed by atoms with Crippen LogP contribution in [-0.4, -0.2) is 38.3 Å². The zero-order valence-electron chi connectivity index (χ0n) is 12.9. The van der Waals surface area contributed by atoms with Crippen molar-refractivity contribution in [2.45, 2.75) is 26.3 Å². The Hall–Kier alpha value is -2.83. The van der Waals surface area contributed by atoms with E-state index in [1.54, 1.807) is 25.1 Å². The Kier molecular flexibility index (Phi) is 5.00. The van der Waals surface area contributed by atoms with E-state index in [9.17, 15) is 19.8 Å². The van der Waals surface area contributed by atoms with Gasteiger partial charge in [0.05, 0.1) is 5.69 Å². The van der Waals surface area contributed by atoms with E-state index in [1.807, 2.05) is 6.92 Å². The molecule has 2 aromatic rings. The highest BCUT2D eigenvalue weighted by molar-refractivity contribution is 5.96. The molecule has 1 aromatic carbocycles. The molecule has 23 heavy (non-hydrogen) atoms. The number of carboxylic acid groups (broad SMARTS) is 1. The van der Waals surface area contributed by atoms with Gasteiger partial charge in [0.25, 0.3) is 5.91 Å². The van der Waals surface area contributed by atoms with Gasteiger partial charge in [0.1, 0.15) is 17.5 Å². The maximum atomic E-state index is 12.2. The Morgan fingerprint density at radius 3 is 2.65 bits per heavy atom. The van der Waals surface area contributed by atoms with E-state index in [2.05, 4.69) is 15.5 Å². The molecule has 7 heteroatoms. The number of amides is 1. The van der Waals surface area contributed by atoms with Gasteiger partial charge in [-0.05, 0) is 24.1 Å². The van der Waals surface area contributed by atoms with Crippen molar-refractivity contribution >= 4 is 11.9 Å². The van der Waals surface area contributed by atoms with E-state index in [4.69, 9.17) is 0 Å². The molecule has 0 spiro atoms. The number of H-pyrrole nitrogens is 1. The highest BCUT2D eigenvalue weighted by atomic mass is 16.4. The van der Waals surface area contributed by atoms with E-state index in [0.29, 0.717) is 17.7 Å². The number of benzene rings is 1. The second-order valence-corrected chi connectivity index (χ2v) is 5.36. The SMILES string of the molecule is CC[C@H](C)[C@H](NC(=O)c1cc(-c2ccccc2O)n[nH]1)C(=O)O. The van der Waals surface area contributed by atoms with Crippen molar-refractivity contribution in [1.29, 1.82) is 0 Å². The smallest absolute Gasteiger partial charge is 0.326 e. The van der Waals surface area contributed by atoms with Crippen LogP contribution < -0.4 is 5.32 Å². The first-order valence-corrected chi connectivity index (χ1v) is 7.31. The number of aromatic hydroxyl groups is 1. The lowest BCUT2D eigenvalue weighted by atomic mass is 9.99. The molecule has 0 saturated carbocycles. The summed E-state index contributed by atoms with van der Waals surface area (Å²) in [6.45, 7) is 3.62. The zero-order valence-corrected chi connectivity index (χ0v) is 12.9. The molecule has 0 aliphatic rings. The molecule has 0 bridgehead atoms. The van der Waals surface area contributed by atoms with Gasteiger partial charge in [0.15, 0.2) is 0 Å². The molecule has 7 nitrogen and oxygen atoms in total. The second-order valence-electron chi connectivity index (χ2n) is 5.36. The summed E-state index contributed by atoms with van der Waals surface area (Å²) in [5.74, 6) is -1.77. The third-order valence-electron chi connectivity index (χ3n) is 3.77. The molecule has 2 atom stereocenters. The molecule has 122 valence electrons. The number of aromatic amines is 1. The van der Waals surface area contributed by atoms with Gasteiger partial charge in [-0.2, -0.15) is 5.10 Å². The average molecular weight is 317 g/mol. The monoisotopic (exact) mass is 317 g/mol. The molecule has 0 aliphatic carbocycles. The van der Waals surface area contributed by atoms with Crippen LogP contribution in [0.3, 0.4) is 0 Å². The standard InChI is InChI=1S/C16H19N3O4/c1-3-9(2)14(16(22)23)17-15(21)12-8-11(18-19-12)10-6-4-5-7-13(10)20/h4-9,14,20H,3H2,1-2H3,(H,17,21)(H,18,19)(H,22,23)/t9-,14-/m0/s1. The Balaban J connectivity index is 2.18. The predicted molar refractivity (Wildman–Crippen MR) is 84.0 cm³/mol. The Bertz CT molecular complexity index is 711. The van der Waals surface area contributed by atoms with E-state index in [-0.39, 0.29) is 17.4 Å². The second kappa shape index (κ2) is 6.95. The van der Waals surface area contributed by atoms with Gasteiger partial charge >= 0.3 is 5.97 Å². The number of nitrogens with zero attached hydrogens (tertiary/aromatic N) is 1. The number of aliphatic carboxylic acids is 1. The molecule has 4 N–H and O–H groups in total. The van der Waals surface area contributed by atoms with Crippen LogP contribution >= 0.6 is 0 Å². The summed E-state index contributed by atoms with van der Waals surface area (Å²) in [6.07, 6.45) is 0.628. The number of phenolic OH excluding ortho intramolecular Hbond substituents is 1. The number of rotatable bonds is 6. The minimum absolute atomic E-state index is 0.0500. The molecule has 1 aromatic heterocycles. The first kappa shape index (κ1) is 16.5. The fraction of sp³-hybridized carbons (Fsp3) is 0.312. The molecule has 1 amide bonds. The maximum absolute atomic E-state index is 12.2. The number of hydrogen-bond donors (Lipinski definition) is 4. The molecule has 0 fully saturated rings. The lowest BCUT2D eigenvalue weighted by Crippen LogP contribution is -2.45. The van der Waals surface area contributed by atoms with Crippen LogP contribution in [-0.2, 0) is 4.79 Å². The third-order valence-corrected chi connectivity index (χ3v) is 3.77. The van der Waals surface area contributed by atoms with Crippen LogP contribution in [0.25, 0.3) is 11.3 Å². The summed E-state index contributed by atoms with van der Waals surface area (Å²) in [6, 6.07) is 7.12. The number of hydrogen-bond acceptors (Lipinski definition) is 4. The largest absolute Gasteiger partial charge is 0.507 e. The Labute approximate surface area is 133 Å². The summed E-state index contributed by atoms with van der Waals surface area (Å²) < 4.78 is 0. The van der Waals surface area contributed by atoms with E-state index >= 15 is 0 Å². The van der Waals surface area contributed by atoms with Gasteiger partial charge in [-0.15, -0.1) is 0 Å². The van der Waals surface area contributed by atoms with Crippen LogP contribution in [0.5, 0.6) is 5.75 Å². The number of nitrogens with one attached hydrogen (secondary N) is 2. The topological polar surface area (TPSA) is 115 Å². The highest BCUT2D eigenvalue weighted by Gasteiger charge is 2.26. The first-order chi connectivity index (χ1) is 10.9. The molecule has 0 unspecified atom stereocenters. The van der Waals surface area contributed by atoms with Crippen molar-refractivity contribution < 1.29 is 19.8 Å². The van der Waals surface area contributed by atoms with Crippen molar-refractivity contribution in [3.8, 4) is 17.0 Å². The Morgan fingerprint density at radius 2 is 2.04 bits per heavy atom. The maximum Gasteiger partial charge on any atom is 0.326 e. The van der Waals surface area contributed by atoms with E-state index in [0.717, 1.165) is 0 Å². The zero-order chi connectivity index (χ0) is 17.0. The van der Waals surface area contributed by atoms with Crippen LogP contribution in [0, 0.1) is 5.92 Å². The third kappa shape index (κ3) is 3.68.